The number of halogens is 1. The number of anilines is 1. The monoisotopic (exact) mass is 313 g/mol. The van der Waals surface area contributed by atoms with Gasteiger partial charge in [-0.25, -0.2) is 17.5 Å². The fourth-order valence-corrected chi connectivity index (χ4v) is 2.44. The number of rotatable bonds is 3. The summed E-state index contributed by atoms with van der Waals surface area (Å²) in [4.78, 5) is 3.77. The molecule has 1 heterocycles. The molecule has 0 saturated carbocycles. The smallest absolute Gasteiger partial charge is 0.277 e. The first-order chi connectivity index (χ1) is 9.59. The minimum absolute atomic E-state index is 0.180. The van der Waals surface area contributed by atoms with E-state index >= 15 is 0 Å². The van der Waals surface area contributed by atoms with Crippen LogP contribution in [0.3, 0.4) is 0 Å². The molecule has 0 saturated heterocycles. The second kappa shape index (κ2) is 5.10. The first kappa shape index (κ1) is 15.4. The maximum Gasteiger partial charge on any atom is 0.277 e. The number of nitrogens with zero attached hydrogens (tertiary/aromatic N) is 2. The van der Waals surface area contributed by atoms with E-state index < -0.39 is 21.3 Å². The predicted octanol–water partition coefficient (Wildman–Crippen LogP) is 2.62. The van der Waals surface area contributed by atoms with Gasteiger partial charge in [-0.3, -0.25) is 0 Å². The Bertz CT molecular complexity index is 763. The number of sulfonamides is 1. The van der Waals surface area contributed by atoms with E-state index in [1.807, 2.05) is 20.8 Å². The van der Waals surface area contributed by atoms with Crippen LogP contribution in [0.1, 0.15) is 32.2 Å². The first-order valence-corrected chi connectivity index (χ1v) is 7.71. The average Bonchev–Trinajstić information content (AvgIpc) is 2.80. The summed E-state index contributed by atoms with van der Waals surface area (Å²) in [5, 5.41) is 3.56. The molecule has 1 N–H and O–H groups in total. The van der Waals surface area contributed by atoms with E-state index in [4.69, 9.17) is 4.52 Å². The third-order valence-corrected chi connectivity index (χ3v) is 4.07. The highest BCUT2D eigenvalue weighted by Crippen LogP contribution is 2.22. The Kier molecular flexibility index (Phi) is 3.75. The number of hydrogen-bond donors (Lipinski definition) is 1. The third-order valence-electron chi connectivity index (χ3n) is 2.75. The van der Waals surface area contributed by atoms with Crippen molar-refractivity contribution in [3.8, 4) is 0 Å². The highest BCUT2D eigenvalue weighted by molar-refractivity contribution is 7.92. The Balaban J connectivity index is 2.29. The summed E-state index contributed by atoms with van der Waals surface area (Å²) >= 11 is 0. The molecule has 6 nitrogen and oxygen atoms in total. The molecule has 0 spiro atoms. The quantitative estimate of drug-likeness (QED) is 0.941. The van der Waals surface area contributed by atoms with E-state index in [2.05, 4.69) is 14.9 Å². The first-order valence-electron chi connectivity index (χ1n) is 6.23. The van der Waals surface area contributed by atoms with Crippen LogP contribution >= 0.6 is 0 Å². The molecule has 2 aromatic rings. The van der Waals surface area contributed by atoms with E-state index in [0.717, 1.165) is 6.07 Å². The summed E-state index contributed by atoms with van der Waals surface area (Å²) in [5.41, 5.74) is -0.0318. The van der Waals surface area contributed by atoms with Crippen molar-refractivity contribution in [3.63, 3.8) is 0 Å². The molecule has 0 amide bonds. The van der Waals surface area contributed by atoms with E-state index in [1.54, 1.807) is 6.92 Å². The van der Waals surface area contributed by atoms with Crippen LogP contribution < -0.4 is 4.72 Å². The number of aromatic nitrogens is 2. The lowest BCUT2D eigenvalue weighted by atomic mass is 9.97. The van der Waals surface area contributed by atoms with Gasteiger partial charge >= 0.3 is 0 Å². The van der Waals surface area contributed by atoms with Crippen LogP contribution in [-0.2, 0) is 15.4 Å². The van der Waals surface area contributed by atoms with Crippen LogP contribution in [0.15, 0.2) is 27.6 Å². The van der Waals surface area contributed by atoms with Gasteiger partial charge in [-0.2, -0.15) is 4.98 Å². The molecule has 0 radical (unpaired) electrons. The molecule has 0 bridgehead atoms. The molecular weight excluding hydrogens is 297 g/mol. The molecule has 0 aliphatic heterocycles. The largest absolute Gasteiger partial charge is 0.337 e. The fraction of sp³-hybridized carbons (Fsp3) is 0.385. The van der Waals surface area contributed by atoms with Gasteiger partial charge in [0.25, 0.3) is 16.0 Å². The van der Waals surface area contributed by atoms with Crippen LogP contribution in [-0.4, -0.2) is 18.6 Å². The Labute approximate surface area is 122 Å². The zero-order chi connectivity index (χ0) is 15.8. The van der Waals surface area contributed by atoms with Crippen molar-refractivity contribution < 1.29 is 17.3 Å². The van der Waals surface area contributed by atoms with Crippen LogP contribution in [0.4, 0.5) is 10.3 Å². The molecule has 0 aliphatic rings. The molecule has 0 unspecified atom stereocenters. The van der Waals surface area contributed by atoms with Crippen molar-refractivity contribution >= 4 is 16.0 Å². The Hall–Kier alpha value is -1.96. The molecule has 1 aromatic heterocycles. The molecule has 0 fully saturated rings. The van der Waals surface area contributed by atoms with Gasteiger partial charge in [-0.1, -0.05) is 26.8 Å². The minimum Gasteiger partial charge on any atom is -0.337 e. The molecular formula is C13H16FN3O3S. The predicted molar refractivity (Wildman–Crippen MR) is 74.9 cm³/mol. The number of aryl methyl sites for hydroxylation is 1. The van der Waals surface area contributed by atoms with E-state index in [1.165, 1.54) is 12.1 Å². The Morgan fingerprint density at radius 1 is 1.29 bits per heavy atom. The van der Waals surface area contributed by atoms with Gasteiger partial charge in [0.2, 0.25) is 5.89 Å². The Morgan fingerprint density at radius 3 is 2.48 bits per heavy atom. The lowest BCUT2D eigenvalue weighted by Gasteiger charge is -2.10. The molecule has 114 valence electrons. The maximum atomic E-state index is 13.5. The van der Waals surface area contributed by atoms with Gasteiger partial charge < -0.3 is 4.52 Å². The van der Waals surface area contributed by atoms with Crippen LogP contribution in [0.5, 0.6) is 0 Å². The van der Waals surface area contributed by atoms with Gasteiger partial charge in [-0.05, 0) is 29.8 Å². The van der Waals surface area contributed by atoms with Gasteiger partial charge in [0.05, 0.1) is 4.90 Å². The van der Waals surface area contributed by atoms with Crippen LogP contribution in [0.2, 0.25) is 0 Å². The molecule has 21 heavy (non-hydrogen) atoms. The van der Waals surface area contributed by atoms with Crippen molar-refractivity contribution in [2.45, 2.75) is 38.0 Å². The minimum atomic E-state index is -3.96. The zero-order valence-corrected chi connectivity index (χ0v) is 13.0. The van der Waals surface area contributed by atoms with E-state index in [0.29, 0.717) is 11.5 Å². The van der Waals surface area contributed by atoms with Gasteiger partial charge in [0.15, 0.2) is 0 Å². The van der Waals surface area contributed by atoms with Crippen molar-refractivity contribution in [2.75, 3.05) is 4.72 Å². The van der Waals surface area contributed by atoms with Gasteiger partial charge in [0, 0.05) is 5.41 Å². The SMILES string of the molecule is Cc1ccc(S(=O)(=O)Nc2noc(C(C)(C)C)n2)cc1F. The van der Waals surface area contributed by atoms with Crippen molar-refractivity contribution in [2.24, 2.45) is 0 Å². The number of hydrogen-bond acceptors (Lipinski definition) is 5. The third kappa shape index (κ3) is 3.38. The van der Waals surface area contributed by atoms with Crippen molar-refractivity contribution in [1.29, 1.82) is 0 Å². The zero-order valence-electron chi connectivity index (χ0n) is 12.1. The Morgan fingerprint density at radius 2 is 1.95 bits per heavy atom. The molecule has 1 aromatic carbocycles. The van der Waals surface area contributed by atoms with Gasteiger partial charge in [-0.15, -0.1) is 0 Å². The summed E-state index contributed by atoms with van der Waals surface area (Å²) in [6, 6.07) is 3.65. The van der Waals surface area contributed by atoms with Crippen LogP contribution in [0, 0.1) is 12.7 Å². The summed E-state index contributed by atoms with van der Waals surface area (Å²) < 4.78 is 44.9. The summed E-state index contributed by atoms with van der Waals surface area (Å²) in [7, 11) is -3.96. The van der Waals surface area contributed by atoms with E-state index in [-0.39, 0.29) is 10.8 Å². The highest BCUT2D eigenvalue weighted by Gasteiger charge is 2.24. The topological polar surface area (TPSA) is 85.1 Å². The van der Waals surface area contributed by atoms with Crippen molar-refractivity contribution in [3.05, 3.63) is 35.5 Å². The lowest BCUT2D eigenvalue weighted by Crippen LogP contribution is -2.15. The summed E-state index contributed by atoms with van der Waals surface area (Å²) in [6.07, 6.45) is 0. The number of benzene rings is 1. The van der Waals surface area contributed by atoms with Gasteiger partial charge in [0.1, 0.15) is 5.82 Å². The lowest BCUT2D eigenvalue weighted by molar-refractivity contribution is 0.321. The van der Waals surface area contributed by atoms with Crippen molar-refractivity contribution in [1.82, 2.24) is 10.1 Å². The molecule has 2 rings (SSSR count). The fourth-order valence-electron chi connectivity index (χ4n) is 1.49. The summed E-state index contributed by atoms with van der Waals surface area (Å²) in [5.74, 6) is -0.474. The highest BCUT2D eigenvalue weighted by atomic mass is 32.2. The maximum absolute atomic E-state index is 13.5. The number of nitrogens with one attached hydrogen (secondary N) is 1. The normalized spacial score (nSPS) is 12.4. The second-order valence-electron chi connectivity index (χ2n) is 5.69. The van der Waals surface area contributed by atoms with E-state index in [9.17, 15) is 12.8 Å². The summed E-state index contributed by atoms with van der Waals surface area (Å²) in [6.45, 7) is 7.12. The van der Waals surface area contributed by atoms with Crippen LogP contribution in [0.25, 0.3) is 0 Å². The average molecular weight is 313 g/mol. The second-order valence-corrected chi connectivity index (χ2v) is 7.37. The molecule has 8 heteroatoms. The standard InChI is InChI=1S/C13H16FN3O3S/c1-8-5-6-9(7-10(8)14)21(18,19)17-12-15-11(20-16-12)13(2,3)4/h5-7H,1-4H3,(H,16,17). The molecule has 0 atom stereocenters. The molecule has 0 aliphatic carbocycles.